The molecule has 2 heterocycles. The molecule has 7 nitrogen and oxygen atoms in total. The molecule has 0 bridgehead atoms. The number of nitrogens with zero attached hydrogens (tertiary/aromatic N) is 3. The Kier molecular flexibility index (Phi) is 5.83. The molecule has 0 amide bonds. The van der Waals surface area contributed by atoms with Gasteiger partial charge in [-0.2, -0.15) is 0 Å². The summed E-state index contributed by atoms with van der Waals surface area (Å²) in [6.07, 6.45) is 3.62. The summed E-state index contributed by atoms with van der Waals surface area (Å²) < 4.78 is 7.09. The van der Waals surface area contributed by atoms with Crippen LogP contribution in [0.5, 0.6) is 5.75 Å². The van der Waals surface area contributed by atoms with Crippen molar-refractivity contribution in [3.05, 3.63) is 50.6 Å². The van der Waals surface area contributed by atoms with Crippen molar-refractivity contribution in [1.82, 2.24) is 15.0 Å². The Bertz CT molecular complexity index is 1160. The second-order valence-corrected chi connectivity index (χ2v) is 10.2. The molecule has 4 rings (SSSR count). The van der Waals surface area contributed by atoms with Gasteiger partial charge in [-0.25, -0.2) is 9.48 Å². The maximum Gasteiger partial charge on any atom is 0.335 e. The lowest BCUT2D eigenvalue weighted by Crippen LogP contribution is -2.28. The van der Waals surface area contributed by atoms with Crippen LogP contribution in [-0.4, -0.2) is 32.7 Å². The van der Waals surface area contributed by atoms with Crippen molar-refractivity contribution in [1.29, 1.82) is 0 Å². The van der Waals surface area contributed by atoms with Crippen LogP contribution in [0.2, 0.25) is 0 Å². The lowest BCUT2D eigenvalue weighted by atomic mass is 9.72. The fourth-order valence-corrected chi connectivity index (χ4v) is 5.35. The minimum Gasteiger partial charge on any atom is -0.494 e. The van der Waals surface area contributed by atoms with Crippen molar-refractivity contribution < 1.29 is 14.6 Å². The van der Waals surface area contributed by atoms with Gasteiger partial charge in [-0.3, -0.25) is 4.79 Å². The van der Waals surface area contributed by atoms with Gasteiger partial charge in [0.25, 0.3) is 5.56 Å². The summed E-state index contributed by atoms with van der Waals surface area (Å²) in [6, 6.07) is 6.27. The van der Waals surface area contributed by atoms with Crippen LogP contribution in [0, 0.1) is 11.3 Å². The number of benzene rings is 1. The van der Waals surface area contributed by atoms with Gasteiger partial charge >= 0.3 is 5.97 Å². The predicted molar refractivity (Wildman–Crippen MR) is 120 cm³/mol. The Labute approximate surface area is 184 Å². The van der Waals surface area contributed by atoms with Gasteiger partial charge in [0.15, 0.2) is 4.83 Å². The number of thiophene rings is 1. The van der Waals surface area contributed by atoms with E-state index in [9.17, 15) is 9.59 Å². The van der Waals surface area contributed by atoms with Crippen molar-refractivity contribution in [2.75, 3.05) is 6.61 Å². The predicted octanol–water partition coefficient (Wildman–Crippen LogP) is 4.17. The van der Waals surface area contributed by atoms with Crippen LogP contribution in [0.1, 0.15) is 54.4 Å². The number of hydrogen-bond donors (Lipinski definition) is 1. The maximum absolute atomic E-state index is 13.1. The molecule has 164 valence electrons. The zero-order valence-corrected chi connectivity index (χ0v) is 18.9. The molecule has 0 saturated carbocycles. The van der Waals surface area contributed by atoms with Crippen LogP contribution in [-0.2, 0) is 19.4 Å². The summed E-state index contributed by atoms with van der Waals surface area (Å²) in [4.78, 5) is 26.0. The number of carboxylic acid groups (broad SMARTS) is 1. The zero-order chi connectivity index (χ0) is 22.2. The molecule has 0 aliphatic heterocycles. The summed E-state index contributed by atoms with van der Waals surface area (Å²) >= 11 is 1.62. The van der Waals surface area contributed by atoms with Gasteiger partial charge < -0.3 is 9.84 Å². The number of carboxylic acids is 1. The molecule has 1 aromatic carbocycles. The van der Waals surface area contributed by atoms with Crippen LogP contribution >= 0.6 is 11.3 Å². The molecule has 1 aliphatic rings. The number of hydrogen-bond acceptors (Lipinski definition) is 6. The van der Waals surface area contributed by atoms with E-state index in [4.69, 9.17) is 9.84 Å². The van der Waals surface area contributed by atoms with Crippen LogP contribution in [0.3, 0.4) is 0 Å². The second-order valence-electron chi connectivity index (χ2n) is 9.14. The second kappa shape index (κ2) is 8.42. The number of carbonyl (C=O) groups is 1. The lowest BCUT2D eigenvalue weighted by Gasteiger charge is -2.33. The Morgan fingerprint density at radius 1 is 1.29 bits per heavy atom. The molecule has 0 spiro atoms. The van der Waals surface area contributed by atoms with Crippen molar-refractivity contribution in [3.8, 4) is 5.75 Å². The third-order valence-corrected chi connectivity index (χ3v) is 7.19. The fourth-order valence-electron chi connectivity index (χ4n) is 4.11. The van der Waals surface area contributed by atoms with E-state index in [1.807, 2.05) is 0 Å². The molecular formula is C23H27N3O4S. The van der Waals surface area contributed by atoms with E-state index in [-0.39, 0.29) is 16.5 Å². The van der Waals surface area contributed by atoms with E-state index in [1.165, 1.54) is 27.3 Å². The number of fused-ring (bicyclic) bond motifs is 3. The standard InChI is InChI=1S/C23H27N3O4S/c1-23(2,3)15-7-10-17-18(13-15)31-20-19(17)21(27)26(25-24-20)11-4-12-30-16-8-5-14(6-9-16)22(28)29/h5-6,8-9,15H,4,7,10-13H2,1-3H3,(H,28,29). The normalized spacial score (nSPS) is 16.3. The van der Waals surface area contributed by atoms with Gasteiger partial charge in [-0.05, 0) is 60.4 Å². The molecule has 1 unspecified atom stereocenters. The highest BCUT2D eigenvalue weighted by atomic mass is 32.1. The average molecular weight is 442 g/mol. The zero-order valence-electron chi connectivity index (χ0n) is 18.1. The van der Waals surface area contributed by atoms with Gasteiger partial charge in [0.1, 0.15) is 5.75 Å². The molecule has 8 heteroatoms. The smallest absolute Gasteiger partial charge is 0.335 e. The van der Waals surface area contributed by atoms with Crippen molar-refractivity contribution in [2.24, 2.45) is 11.3 Å². The van der Waals surface area contributed by atoms with Crippen LogP contribution in [0.4, 0.5) is 0 Å². The summed E-state index contributed by atoms with van der Waals surface area (Å²) in [7, 11) is 0. The maximum atomic E-state index is 13.1. The first-order valence-electron chi connectivity index (χ1n) is 10.6. The van der Waals surface area contributed by atoms with Gasteiger partial charge in [0, 0.05) is 17.8 Å². The van der Waals surface area contributed by atoms with Crippen LogP contribution in [0.25, 0.3) is 10.2 Å². The molecule has 1 N–H and O–H groups in total. The monoisotopic (exact) mass is 441 g/mol. The van der Waals surface area contributed by atoms with Crippen LogP contribution in [0.15, 0.2) is 29.1 Å². The Morgan fingerprint density at radius 3 is 2.71 bits per heavy atom. The quantitative estimate of drug-likeness (QED) is 0.577. The Hall–Kier alpha value is -2.74. The molecular weight excluding hydrogens is 414 g/mol. The van der Waals surface area contributed by atoms with E-state index in [1.54, 1.807) is 23.5 Å². The van der Waals surface area contributed by atoms with Gasteiger partial charge in [0.05, 0.1) is 17.6 Å². The third kappa shape index (κ3) is 4.49. The Morgan fingerprint density at radius 2 is 2.03 bits per heavy atom. The summed E-state index contributed by atoms with van der Waals surface area (Å²) in [5, 5.41) is 18.2. The molecule has 1 atom stereocenters. The summed E-state index contributed by atoms with van der Waals surface area (Å²) in [5.74, 6) is 0.244. The molecule has 31 heavy (non-hydrogen) atoms. The van der Waals surface area contributed by atoms with E-state index in [0.717, 1.165) is 29.5 Å². The first kappa shape index (κ1) is 21.5. The molecule has 0 radical (unpaired) electrons. The SMILES string of the molecule is CC(C)(C)C1CCc2c(sc3nnn(CCCOc4ccc(C(=O)O)cc4)c(=O)c23)C1. The van der Waals surface area contributed by atoms with Gasteiger partial charge in [-0.15, -0.1) is 16.4 Å². The molecule has 2 aromatic heterocycles. The number of rotatable bonds is 6. The minimum absolute atomic E-state index is 0.0671. The third-order valence-electron chi connectivity index (χ3n) is 6.05. The highest BCUT2D eigenvalue weighted by Crippen LogP contribution is 2.41. The van der Waals surface area contributed by atoms with E-state index < -0.39 is 5.97 Å². The number of ether oxygens (including phenoxy) is 1. The van der Waals surface area contributed by atoms with Crippen molar-refractivity contribution in [3.63, 3.8) is 0 Å². The topological polar surface area (TPSA) is 94.3 Å². The summed E-state index contributed by atoms with van der Waals surface area (Å²) in [6.45, 7) is 7.67. The van der Waals surface area contributed by atoms with Crippen LogP contribution < -0.4 is 10.3 Å². The molecule has 0 saturated heterocycles. The fraction of sp³-hybridized carbons (Fsp3) is 0.478. The van der Waals surface area contributed by atoms with Crippen molar-refractivity contribution >= 4 is 27.5 Å². The van der Waals surface area contributed by atoms with E-state index in [2.05, 4.69) is 31.1 Å². The number of aromatic carboxylic acids is 1. The number of aromatic nitrogens is 3. The molecule has 1 aliphatic carbocycles. The Balaban J connectivity index is 1.43. The lowest BCUT2D eigenvalue weighted by molar-refractivity contribution is 0.0697. The largest absolute Gasteiger partial charge is 0.494 e. The average Bonchev–Trinajstić information content (AvgIpc) is 3.11. The highest BCUT2D eigenvalue weighted by molar-refractivity contribution is 7.18. The minimum atomic E-state index is -0.968. The van der Waals surface area contributed by atoms with E-state index in [0.29, 0.717) is 31.2 Å². The van der Waals surface area contributed by atoms with Gasteiger partial charge in [-0.1, -0.05) is 26.0 Å². The van der Waals surface area contributed by atoms with Crippen molar-refractivity contribution in [2.45, 2.75) is 53.0 Å². The molecule has 3 aromatic rings. The molecule has 0 fully saturated rings. The van der Waals surface area contributed by atoms with E-state index >= 15 is 0 Å². The first-order valence-corrected chi connectivity index (χ1v) is 11.4. The highest BCUT2D eigenvalue weighted by Gasteiger charge is 2.31. The van der Waals surface area contributed by atoms with Gasteiger partial charge in [0.2, 0.25) is 0 Å². The first-order chi connectivity index (χ1) is 14.7. The number of aryl methyl sites for hydroxylation is 2. The summed E-state index contributed by atoms with van der Waals surface area (Å²) in [5.41, 5.74) is 1.58.